The third-order valence-corrected chi connectivity index (χ3v) is 3.81. The maximum absolute atomic E-state index is 12.6. The third kappa shape index (κ3) is 3.69. The number of carbonyl (C=O) groups excluding carboxylic acids is 1. The molecule has 0 aliphatic heterocycles. The molecule has 0 bridgehead atoms. The van der Waals surface area contributed by atoms with Crippen LogP contribution in [0.2, 0.25) is 0 Å². The van der Waals surface area contributed by atoms with Crippen LogP contribution in [-0.2, 0) is 11.3 Å². The highest BCUT2D eigenvalue weighted by Crippen LogP contribution is 2.17. The van der Waals surface area contributed by atoms with E-state index in [1.54, 1.807) is 16.7 Å². The molecular formula is C18H22N4O4. The Morgan fingerprint density at radius 1 is 1.50 bits per heavy atom. The van der Waals surface area contributed by atoms with Crippen molar-refractivity contribution in [1.82, 2.24) is 14.9 Å². The van der Waals surface area contributed by atoms with Crippen molar-refractivity contribution in [3.05, 3.63) is 33.6 Å². The van der Waals surface area contributed by atoms with E-state index < -0.39 is 16.9 Å². The molecule has 0 fully saturated rings. The van der Waals surface area contributed by atoms with Crippen LogP contribution in [0, 0.1) is 11.8 Å². The van der Waals surface area contributed by atoms with Crippen LogP contribution in [0.3, 0.4) is 0 Å². The normalized spacial score (nSPS) is 13.0. The first-order valence-corrected chi connectivity index (χ1v) is 8.05. The SMILES string of the molecule is CCn1c(N)c(C(=O)NC)c(=O)c2ccc(C#C[C@@](C)(O)COC)nc21. The first-order chi connectivity index (χ1) is 12.3. The summed E-state index contributed by atoms with van der Waals surface area (Å²) < 4.78 is 6.49. The van der Waals surface area contributed by atoms with Crippen molar-refractivity contribution in [2.24, 2.45) is 0 Å². The molecule has 0 aliphatic rings. The summed E-state index contributed by atoms with van der Waals surface area (Å²) in [4.78, 5) is 29.0. The third-order valence-electron chi connectivity index (χ3n) is 3.81. The second-order valence-electron chi connectivity index (χ2n) is 5.94. The highest BCUT2D eigenvalue weighted by atomic mass is 16.5. The van der Waals surface area contributed by atoms with Crippen molar-refractivity contribution in [1.29, 1.82) is 0 Å². The van der Waals surface area contributed by atoms with E-state index in [9.17, 15) is 14.7 Å². The average molecular weight is 358 g/mol. The highest BCUT2D eigenvalue weighted by molar-refractivity contribution is 6.01. The molecule has 4 N–H and O–H groups in total. The molecular weight excluding hydrogens is 336 g/mol. The van der Waals surface area contributed by atoms with Crippen LogP contribution in [0.5, 0.6) is 0 Å². The van der Waals surface area contributed by atoms with Gasteiger partial charge < -0.3 is 25.5 Å². The lowest BCUT2D eigenvalue weighted by Gasteiger charge is -2.15. The number of pyridine rings is 2. The zero-order valence-electron chi connectivity index (χ0n) is 15.2. The predicted molar refractivity (Wildman–Crippen MR) is 98.9 cm³/mol. The van der Waals surface area contributed by atoms with Gasteiger partial charge in [-0.25, -0.2) is 4.98 Å². The summed E-state index contributed by atoms with van der Waals surface area (Å²) in [5.74, 6) is 4.96. The van der Waals surface area contributed by atoms with Gasteiger partial charge in [-0.15, -0.1) is 0 Å². The summed E-state index contributed by atoms with van der Waals surface area (Å²) in [7, 11) is 2.90. The number of fused-ring (bicyclic) bond motifs is 1. The van der Waals surface area contributed by atoms with Gasteiger partial charge in [0.1, 0.15) is 28.3 Å². The molecule has 8 heteroatoms. The summed E-state index contributed by atoms with van der Waals surface area (Å²) in [6.07, 6.45) is 0. The Morgan fingerprint density at radius 3 is 2.77 bits per heavy atom. The van der Waals surface area contributed by atoms with Gasteiger partial charge in [0.25, 0.3) is 5.91 Å². The molecule has 1 atom stereocenters. The minimum Gasteiger partial charge on any atom is -0.384 e. The number of hydrogen-bond acceptors (Lipinski definition) is 6. The van der Waals surface area contributed by atoms with Crippen molar-refractivity contribution in [2.75, 3.05) is 26.5 Å². The Balaban J connectivity index is 2.69. The molecule has 2 rings (SSSR count). The molecule has 2 aromatic rings. The number of anilines is 1. The van der Waals surface area contributed by atoms with Crippen LogP contribution in [0.25, 0.3) is 11.0 Å². The summed E-state index contributed by atoms with van der Waals surface area (Å²) in [6.45, 7) is 3.82. The minimum absolute atomic E-state index is 0.0494. The van der Waals surface area contributed by atoms with Gasteiger partial charge in [-0.2, -0.15) is 0 Å². The molecule has 138 valence electrons. The van der Waals surface area contributed by atoms with Crippen LogP contribution >= 0.6 is 0 Å². The van der Waals surface area contributed by atoms with Gasteiger partial charge >= 0.3 is 0 Å². The highest BCUT2D eigenvalue weighted by Gasteiger charge is 2.20. The lowest BCUT2D eigenvalue weighted by molar-refractivity contribution is 0.0274. The van der Waals surface area contributed by atoms with E-state index in [1.165, 1.54) is 21.1 Å². The van der Waals surface area contributed by atoms with E-state index in [4.69, 9.17) is 10.5 Å². The fraction of sp³-hybridized carbons (Fsp3) is 0.389. The van der Waals surface area contributed by atoms with Gasteiger partial charge in [0, 0.05) is 20.7 Å². The number of hydrogen-bond donors (Lipinski definition) is 3. The largest absolute Gasteiger partial charge is 0.384 e. The van der Waals surface area contributed by atoms with Gasteiger partial charge in [0.05, 0.1) is 12.0 Å². The summed E-state index contributed by atoms with van der Waals surface area (Å²) in [6, 6.07) is 3.11. The van der Waals surface area contributed by atoms with E-state index >= 15 is 0 Å². The number of amides is 1. The number of rotatable bonds is 4. The fourth-order valence-electron chi connectivity index (χ4n) is 2.58. The number of nitrogen functional groups attached to an aromatic ring is 1. The standard InChI is InChI=1S/C18H22N4O4/c1-5-22-15(19)13(17(24)20-3)14(23)12-7-6-11(21-16(12)22)8-9-18(2,25)10-26-4/h6-7,25H,5,10,19H2,1-4H3,(H,20,24)/t18-/m1/s1. The van der Waals surface area contributed by atoms with E-state index in [0.717, 1.165) is 0 Å². The van der Waals surface area contributed by atoms with Crippen LogP contribution in [0.1, 0.15) is 29.9 Å². The summed E-state index contributed by atoms with van der Waals surface area (Å²) >= 11 is 0. The Labute approximate surface area is 151 Å². The van der Waals surface area contributed by atoms with Crippen LogP contribution in [-0.4, -0.2) is 46.9 Å². The quantitative estimate of drug-likeness (QED) is 0.667. The van der Waals surface area contributed by atoms with Crippen molar-refractivity contribution in [3.63, 3.8) is 0 Å². The van der Waals surface area contributed by atoms with Gasteiger partial charge in [-0.05, 0) is 31.9 Å². The molecule has 0 spiro atoms. The minimum atomic E-state index is -1.32. The molecule has 2 aromatic heterocycles. The van der Waals surface area contributed by atoms with Crippen molar-refractivity contribution >= 4 is 22.8 Å². The average Bonchev–Trinajstić information content (AvgIpc) is 2.60. The van der Waals surface area contributed by atoms with Crippen LogP contribution in [0.4, 0.5) is 5.82 Å². The van der Waals surface area contributed by atoms with Gasteiger partial charge in [-0.3, -0.25) is 9.59 Å². The first kappa shape index (κ1) is 19.4. The summed E-state index contributed by atoms with van der Waals surface area (Å²) in [5, 5.41) is 12.8. The molecule has 26 heavy (non-hydrogen) atoms. The van der Waals surface area contributed by atoms with E-state index in [-0.39, 0.29) is 23.4 Å². The number of aryl methyl sites for hydroxylation is 1. The Hall–Kier alpha value is -2.89. The van der Waals surface area contributed by atoms with Crippen molar-refractivity contribution < 1.29 is 14.6 Å². The zero-order valence-corrected chi connectivity index (χ0v) is 15.2. The molecule has 1 amide bonds. The Morgan fingerprint density at radius 2 is 2.19 bits per heavy atom. The van der Waals surface area contributed by atoms with Crippen molar-refractivity contribution in [3.8, 4) is 11.8 Å². The van der Waals surface area contributed by atoms with Gasteiger partial charge in [0.2, 0.25) is 5.43 Å². The van der Waals surface area contributed by atoms with Crippen LogP contribution in [0.15, 0.2) is 16.9 Å². The Kier molecular flexibility index (Phi) is 5.65. The van der Waals surface area contributed by atoms with Crippen molar-refractivity contribution in [2.45, 2.75) is 26.0 Å². The van der Waals surface area contributed by atoms with E-state index in [2.05, 4.69) is 22.1 Å². The Bertz CT molecular complexity index is 967. The maximum Gasteiger partial charge on any atom is 0.258 e. The summed E-state index contributed by atoms with van der Waals surface area (Å²) in [5.41, 5.74) is 4.82. The molecule has 0 aliphatic carbocycles. The number of aromatic nitrogens is 2. The number of methoxy groups -OCH3 is 1. The smallest absolute Gasteiger partial charge is 0.258 e. The second-order valence-corrected chi connectivity index (χ2v) is 5.94. The number of carbonyl (C=O) groups is 1. The topological polar surface area (TPSA) is 119 Å². The van der Waals surface area contributed by atoms with Gasteiger partial charge in [0.15, 0.2) is 0 Å². The molecule has 8 nitrogen and oxygen atoms in total. The first-order valence-electron chi connectivity index (χ1n) is 8.05. The predicted octanol–water partition coefficient (Wildman–Crippen LogP) is 0.107. The molecule has 0 radical (unpaired) electrons. The monoisotopic (exact) mass is 358 g/mol. The molecule has 0 saturated carbocycles. The maximum atomic E-state index is 12.6. The molecule has 0 aromatic carbocycles. The number of nitrogens with zero attached hydrogens (tertiary/aromatic N) is 2. The lowest BCUT2D eigenvalue weighted by atomic mass is 10.1. The molecule has 2 heterocycles. The number of nitrogens with one attached hydrogen (secondary N) is 1. The van der Waals surface area contributed by atoms with E-state index in [0.29, 0.717) is 17.9 Å². The van der Waals surface area contributed by atoms with E-state index in [1.807, 2.05) is 6.92 Å². The molecule has 0 unspecified atom stereocenters. The number of aliphatic hydroxyl groups is 1. The second kappa shape index (κ2) is 7.56. The van der Waals surface area contributed by atoms with Crippen LogP contribution < -0.4 is 16.5 Å². The zero-order chi connectivity index (χ0) is 19.5. The fourth-order valence-corrected chi connectivity index (χ4v) is 2.58. The molecule has 0 saturated heterocycles. The van der Waals surface area contributed by atoms with Gasteiger partial charge in [-0.1, -0.05) is 5.92 Å². The number of ether oxygens (including phenoxy) is 1. The number of nitrogens with two attached hydrogens (primary N) is 1. The lowest BCUT2D eigenvalue weighted by Crippen LogP contribution is -2.30.